The maximum Gasteiger partial charge on any atom is 0.328 e. The molecule has 1 aromatic heterocycles. The molecule has 0 fully saturated rings. The number of halogens is 1. The van der Waals surface area contributed by atoms with E-state index in [2.05, 4.69) is 10.3 Å². The summed E-state index contributed by atoms with van der Waals surface area (Å²) in [5, 5.41) is 12.2. The van der Waals surface area contributed by atoms with Crippen molar-refractivity contribution < 1.29 is 14.7 Å². The SMILES string of the molecule is O=C(O)C=Cc1cnc(NC(=O)Cc2cccc(Cl)c2)s1. The molecule has 2 N–H and O–H groups in total. The molecule has 5 nitrogen and oxygen atoms in total. The summed E-state index contributed by atoms with van der Waals surface area (Å²) in [6.45, 7) is 0. The summed E-state index contributed by atoms with van der Waals surface area (Å²) in [5.74, 6) is -1.24. The van der Waals surface area contributed by atoms with Gasteiger partial charge in [0.05, 0.1) is 6.42 Å². The molecule has 0 saturated carbocycles. The Labute approximate surface area is 129 Å². The minimum Gasteiger partial charge on any atom is -0.478 e. The van der Waals surface area contributed by atoms with Crippen LogP contribution in [0.4, 0.5) is 5.13 Å². The molecule has 0 saturated heterocycles. The Morgan fingerprint density at radius 1 is 1.43 bits per heavy atom. The van der Waals surface area contributed by atoms with Crippen molar-refractivity contribution in [2.45, 2.75) is 6.42 Å². The zero-order valence-electron chi connectivity index (χ0n) is 10.7. The molecular weight excluding hydrogens is 312 g/mol. The van der Waals surface area contributed by atoms with E-state index in [0.29, 0.717) is 15.0 Å². The number of hydrogen-bond acceptors (Lipinski definition) is 4. The first-order valence-corrected chi connectivity index (χ1v) is 7.13. The lowest BCUT2D eigenvalue weighted by Gasteiger charge is -2.02. The van der Waals surface area contributed by atoms with E-state index in [0.717, 1.165) is 11.6 Å². The summed E-state index contributed by atoms with van der Waals surface area (Å²) in [4.78, 5) is 26.9. The van der Waals surface area contributed by atoms with Crippen molar-refractivity contribution >= 4 is 46.0 Å². The normalized spacial score (nSPS) is 10.7. The van der Waals surface area contributed by atoms with Gasteiger partial charge in [-0.2, -0.15) is 0 Å². The number of carbonyl (C=O) groups is 2. The Balaban J connectivity index is 1.95. The van der Waals surface area contributed by atoms with Gasteiger partial charge in [0.15, 0.2) is 5.13 Å². The number of aromatic nitrogens is 1. The van der Waals surface area contributed by atoms with Crippen LogP contribution in [-0.2, 0) is 16.0 Å². The second kappa shape index (κ2) is 7.01. The monoisotopic (exact) mass is 322 g/mol. The quantitative estimate of drug-likeness (QED) is 0.829. The van der Waals surface area contributed by atoms with Crippen LogP contribution in [0.2, 0.25) is 5.02 Å². The van der Waals surface area contributed by atoms with Crippen LogP contribution in [0.1, 0.15) is 10.4 Å². The molecule has 108 valence electrons. The molecule has 0 radical (unpaired) electrons. The molecule has 1 aromatic carbocycles. The Morgan fingerprint density at radius 3 is 2.95 bits per heavy atom. The Morgan fingerprint density at radius 2 is 2.24 bits per heavy atom. The molecule has 0 unspecified atom stereocenters. The second-order valence-electron chi connectivity index (χ2n) is 4.09. The fourth-order valence-corrected chi connectivity index (χ4v) is 2.52. The summed E-state index contributed by atoms with van der Waals surface area (Å²) < 4.78 is 0. The molecule has 0 atom stereocenters. The predicted molar refractivity (Wildman–Crippen MR) is 82.6 cm³/mol. The smallest absolute Gasteiger partial charge is 0.328 e. The minimum absolute atomic E-state index is 0.195. The first kappa shape index (κ1) is 15.2. The topological polar surface area (TPSA) is 79.3 Å². The molecule has 0 spiro atoms. The average molecular weight is 323 g/mol. The first-order chi connectivity index (χ1) is 10.0. The van der Waals surface area contributed by atoms with Gasteiger partial charge in [0.2, 0.25) is 5.91 Å². The molecule has 2 rings (SSSR count). The number of aliphatic carboxylic acids is 1. The van der Waals surface area contributed by atoms with E-state index >= 15 is 0 Å². The van der Waals surface area contributed by atoms with Gasteiger partial charge in [-0.15, -0.1) is 0 Å². The molecule has 21 heavy (non-hydrogen) atoms. The number of nitrogens with one attached hydrogen (secondary N) is 1. The number of carboxylic acids is 1. The highest BCUT2D eigenvalue weighted by Gasteiger charge is 2.07. The number of rotatable bonds is 5. The highest BCUT2D eigenvalue weighted by molar-refractivity contribution is 7.16. The van der Waals surface area contributed by atoms with E-state index in [1.807, 2.05) is 6.07 Å². The summed E-state index contributed by atoms with van der Waals surface area (Å²) in [6, 6.07) is 7.06. The maximum atomic E-state index is 11.9. The van der Waals surface area contributed by atoms with Crippen LogP contribution in [0.5, 0.6) is 0 Å². The summed E-state index contributed by atoms with van der Waals surface area (Å²) in [6.07, 6.45) is 4.14. The zero-order valence-corrected chi connectivity index (χ0v) is 12.3. The van der Waals surface area contributed by atoms with Crippen LogP contribution in [-0.4, -0.2) is 22.0 Å². The zero-order chi connectivity index (χ0) is 15.2. The molecule has 7 heteroatoms. The lowest BCUT2D eigenvalue weighted by atomic mass is 10.1. The van der Waals surface area contributed by atoms with Gasteiger partial charge in [-0.05, 0) is 23.8 Å². The number of carbonyl (C=O) groups excluding carboxylic acids is 1. The highest BCUT2D eigenvalue weighted by atomic mass is 35.5. The van der Waals surface area contributed by atoms with E-state index in [1.54, 1.807) is 18.2 Å². The van der Waals surface area contributed by atoms with Gasteiger partial charge in [0.1, 0.15) is 0 Å². The van der Waals surface area contributed by atoms with E-state index in [-0.39, 0.29) is 12.3 Å². The van der Waals surface area contributed by atoms with Gasteiger partial charge < -0.3 is 10.4 Å². The predicted octanol–water partition coefficient (Wildman–Crippen LogP) is 3.08. The number of benzene rings is 1. The van der Waals surface area contributed by atoms with Crippen molar-refractivity contribution in [3.8, 4) is 0 Å². The van der Waals surface area contributed by atoms with Crippen LogP contribution in [0.3, 0.4) is 0 Å². The lowest BCUT2D eigenvalue weighted by molar-refractivity contribution is -0.131. The van der Waals surface area contributed by atoms with Gasteiger partial charge >= 0.3 is 5.97 Å². The van der Waals surface area contributed by atoms with E-state index in [4.69, 9.17) is 16.7 Å². The van der Waals surface area contributed by atoms with Crippen LogP contribution >= 0.6 is 22.9 Å². The maximum absolute atomic E-state index is 11.9. The van der Waals surface area contributed by atoms with Gasteiger partial charge in [0, 0.05) is 22.2 Å². The lowest BCUT2D eigenvalue weighted by Crippen LogP contribution is -2.14. The first-order valence-electron chi connectivity index (χ1n) is 5.94. The van der Waals surface area contributed by atoms with Gasteiger partial charge in [-0.3, -0.25) is 4.79 Å². The van der Waals surface area contributed by atoms with Crippen molar-refractivity contribution in [3.63, 3.8) is 0 Å². The minimum atomic E-state index is -1.03. The standard InChI is InChI=1S/C14H11ClN2O3S/c15-10-3-1-2-9(6-10)7-12(18)17-14-16-8-11(21-14)4-5-13(19)20/h1-6,8H,7H2,(H,19,20)(H,16,17,18). The van der Waals surface area contributed by atoms with Crippen molar-refractivity contribution in [1.82, 2.24) is 4.98 Å². The molecule has 1 heterocycles. The Hall–Kier alpha value is -2.18. The molecule has 2 aromatic rings. The van der Waals surface area contributed by atoms with Crippen LogP contribution < -0.4 is 5.32 Å². The van der Waals surface area contributed by atoms with E-state index in [1.165, 1.54) is 23.6 Å². The highest BCUT2D eigenvalue weighted by Crippen LogP contribution is 2.20. The molecule has 1 amide bonds. The van der Waals surface area contributed by atoms with Crippen molar-refractivity contribution in [3.05, 3.63) is 52.0 Å². The fraction of sp³-hybridized carbons (Fsp3) is 0.0714. The number of thiazole rings is 1. The molecule has 0 aliphatic rings. The van der Waals surface area contributed by atoms with Gasteiger partial charge in [-0.1, -0.05) is 35.1 Å². The van der Waals surface area contributed by atoms with E-state index < -0.39 is 5.97 Å². The number of amides is 1. The third kappa shape index (κ3) is 5.02. The van der Waals surface area contributed by atoms with Gasteiger partial charge in [0.25, 0.3) is 0 Å². The second-order valence-corrected chi connectivity index (χ2v) is 5.59. The summed E-state index contributed by atoms with van der Waals surface area (Å²) in [7, 11) is 0. The number of anilines is 1. The van der Waals surface area contributed by atoms with Crippen molar-refractivity contribution in [2.75, 3.05) is 5.32 Å². The van der Waals surface area contributed by atoms with Crippen molar-refractivity contribution in [1.29, 1.82) is 0 Å². The molecule has 0 aliphatic heterocycles. The molecule has 0 aliphatic carbocycles. The van der Waals surface area contributed by atoms with Crippen LogP contribution in [0.15, 0.2) is 36.5 Å². The average Bonchev–Trinajstić information content (AvgIpc) is 2.83. The van der Waals surface area contributed by atoms with E-state index in [9.17, 15) is 9.59 Å². The summed E-state index contributed by atoms with van der Waals surface area (Å²) >= 11 is 7.05. The van der Waals surface area contributed by atoms with Crippen molar-refractivity contribution in [2.24, 2.45) is 0 Å². The van der Waals surface area contributed by atoms with Crippen LogP contribution in [0, 0.1) is 0 Å². The van der Waals surface area contributed by atoms with Crippen LogP contribution in [0.25, 0.3) is 6.08 Å². The molecular formula is C14H11ClN2O3S. The Bertz CT molecular complexity index is 697. The molecule has 0 bridgehead atoms. The largest absolute Gasteiger partial charge is 0.478 e. The summed E-state index contributed by atoms with van der Waals surface area (Å²) in [5.41, 5.74) is 0.808. The number of carboxylic acid groups (broad SMARTS) is 1. The number of hydrogen-bond donors (Lipinski definition) is 2. The number of nitrogens with zero attached hydrogens (tertiary/aromatic N) is 1. The third-order valence-corrected chi connectivity index (χ3v) is 3.53. The fourth-order valence-electron chi connectivity index (χ4n) is 1.57. The Kier molecular flexibility index (Phi) is 5.08. The third-order valence-electron chi connectivity index (χ3n) is 2.41. The van der Waals surface area contributed by atoms with Gasteiger partial charge in [-0.25, -0.2) is 9.78 Å².